The van der Waals surface area contributed by atoms with E-state index in [0.29, 0.717) is 40.7 Å². The van der Waals surface area contributed by atoms with Gasteiger partial charge in [-0.2, -0.15) is 0 Å². The van der Waals surface area contributed by atoms with Crippen molar-refractivity contribution in [2.45, 2.75) is 32.7 Å². The maximum absolute atomic E-state index is 12.6. The van der Waals surface area contributed by atoms with Crippen LogP contribution in [0.1, 0.15) is 37.0 Å². The van der Waals surface area contributed by atoms with Crippen molar-refractivity contribution in [1.29, 1.82) is 0 Å². The van der Waals surface area contributed by atoms with Gasteiger partial charge >= 0.3 is 6.09 Å². The molecule has 7 nitrogen and oxygen atoms in total. The standard InChI is InChI=1S/C22H27ClN4O3.ClH/c1-15(2)27-11-9-16(10-12-27)14-30-22(29)25-19-6-4-3-5-18(19)21(28)26-20-8-7-17(23)13-24-20;/h3-8,13,15-16H,9-12,14H2,1-2H3,(H,25,29)(H,24,26,28);1H. The Bertz CT molecular complexity index is 869. The predicted molar refractivity (Wildman–Crippen MR) is 125 cm³/mol. The summed E-state index contributed by atoms with van der Waals surface area (Å²) >= 11 is 5.82. The molecule has 1 saturated heterocycles. The number of nitrogens with one attached hydrogen (secondary N) is 2. The number of nitrogens with zero attached hydrogens (tertiary/aromatic N) is 2. The Labute approximate surface area is 193 Å². The second-order valence-electron chi connectivity index (χ2n) is 7.66. The number of rotatable bonds is 6. The van der Waals surface area contributed by atoms with E-state index >= 15 is 0 Å². The van der Waals surface area contributed by atoms with Crippen LogP contribution in [0.5, 0.6) is 0 Å². The number of pyridine rings is 1. The average molecular weight is 467 g/mol. The Hall–Kier alpha value is -2.35. The highest BCUT2D eigenvalue weighted by Crippen LogP contribution is 2.21. The van der Waals surface area contributed by atoms with Gasteiger partial charge in [-0.3, -0.25) is 10.1 Å². The molecule has 0 saturated carbocycles. The van der Waals surface area contributed by atoms with E-state index in [1.54, 1.807) is 36.4 Å². The minimum Gasteiger partial charge on any atom is -0.449 e. The minimum atomic E-state index is -0.564. The average Bonchev–Trinajstić information content (AvgIpc) is 2.74. The zero-order valence-electron chi connectivity index (χ0n) is 17.6. The Balaban J connectivity index is 0.00000341. The molecular formula is C22H28Cl2N4O3. The van der Waals surface area contributed by atoms with Crippen LogP contribution in [0.4, 0.5) is 16.3 Å². The summed E-state index contributed by atoms with van der Waals surface area (Å²) < 4.78 is 5.42. The number of para-hydroxylation sites is 1. The molecule has 2 aromatic rings. The van der Waals surface area contributed by atoms with Crippen LogP contribution in [0, 0.1) is 5.92 Å². The summed E-state index contributed by atoms with van der Waals surface area (Å²) in [6.45, 7) is 6.81. The molecule has 9 heteroatoms. The number of hydrogen-bond donors (Lipinski definition) is 2. The fraction of sp³-hybridized carbons (Fsp3) is 0.409. The van der Waals surface area contributed by atoms with Crippen molar-refractivity contribution in [3.8, 4) is 0 Å². The number of likely N-dealkylation sites (tertiary alicyclic amines) is 1. The highest BCUT2D eigenvalue weighted by Gasteiger charge is 2.22. The van der Waals surface area contributed by atoms with E-state index in [2.05, 4.69) is 34.4 Å². The fourth-order valence-corrected chi connectivity index (χ4v) is 3.51. The highest BCUT2D eigenvalue weighted by molar-refractivity contribution is 6.30. The van der Waals surface area contributed by atoms with Gasteiger partial charge in [0.1, 0.15) is 5.82 Å². The molecule has 0 aliphatic carbocycles. The number of piperidine rings is 1. The van der Waals surface area contributed by atoms with E-state index in [9.17, 15) is 9.59 Å². The molecule has 1 aliphatic rings. The second kappa shape index (κ2) is 11.9. The molecule has 0 radical (unpaired) electrons. The lowest BCUT2D eigenvalue weighted by molar-refractivity contribution is 0.0934. The van der Waals surface area contributed by atoms with Gasteiger partial charge in [-0.15, -0.1) is 12.4 Å². The van der Waals surface area contributed by atoms with E-state index < -0.39 is 6.09 Å². The smallest absolute Gasteiger partial charge is 0.411 e. The third-order valence-corrected chi connectivity index (χ3v) is 5.43. The van der Waals surface area contributed by atoms with E-state index in [1.165, 1.54) is 6.20 Å². The third kappa shape index (κ3) is 7.38. The van der Waals surface area contributed by atoms with Crippen molar-refractivity contribution in [1.82, 2.24) is 9.88 Å². The van der Waals surface area contributed by atoms with Crippen LogP contribution in [0.25, 0.3) is 0 Å². The first-order valence-corrected chi connectivity index (χ1v) is 10.5. The normalized spacial score (nSPS) is 14.6. The Morgan fingerprint density at radius 1 is 1.16 bits per heavy atom. The number of aromatic nitrogens is 1. The van der Waals surface area contributed by atoms with Crippen molar-refractivity contribution in [3.05, 3.63) is 53.2 Å². The topological polar surface area (TPSA) is 83.6 Å². The molecule has 2 N–H and O–H groups in total. The van der Waals surface area contributed by atoms with Gasteiger partial charge in [0.2, 0.25) is 0 Å². The van der Waals surface area contributed by atoms with E-state index in [4.69, 9.17) is 16.3 Å². The first-order valence-electron chi connectivity index (χ1n) is 10.1. The molecule has 2 amide bonds. The summed E-state index contributed by atoms with van der Waals surface area (Å²) in [5.41, 5.74) is 0.694. The first-order chi connectivity index (χ1) is 14.4. The molecule has 1 aliphatic heterocycles. The summed E-state index contributed by atoms with van der Waals surface area (Å²) in [6.07, 6.45) is 2.91. The zero-order chi connectivity index (χ0) is 21.5. The van der Waals surface area contributed by atoms with Gasteiger partial charge < -0.3 is 15.0 Å². The lowest BCUT2D eigenvalue weighted by Crippen LogP contribution is -2.39. The molecule has 0 atom stereocenters. The van der Waals surface area contributed by atoms with Crippen molar-refractivity contribution in [3.63, 3.8) is 0 Å². The van der Waals surface area contributed by atoms with Gasteiger partial charge in [-0.1, -0.05) is 23.7 Å². The van der Waals surface area contributed by atoms with E-state index in [0.717, 1.165) is 25.9 Å². The van der Waals surface area contributed by atoms with Crippen LogP contribution in [0.3, 0.4) is 0 Å². The second-order valence-corrected chi connectivity index (χ2v) is 8.09. The number of ether oxygens (including phenoxy) is 1. The van der Waals surface area contributed by atoms with Crippen molar-refractivity contribution in [2.24, 2.45) is 5.92 Å². The number of anilines is 2. The van der Waals surface area contributed by atoms with Crippen LogP contribution in [0.15, 0.2) is 42.6 Å². The number of halogens is 2. The van der Waals surface area contributed by atoms with Gasteiger partial charge in [0, 0.05) is 12.2 Å². The van der Waals surface area contributed by atoms with Crippen molar-refractivity contribution >= 4 is 47.5 Å². The van der Waals surface area contributed by atoms with Gasteiger partial charge in [-0.25, -0.2) is 9.78 Å². The van der Waals surface area contributed by atoms with Crippen LogP contribution in [-0.4, -0.2) is 47.6 Å². The Kier molecular flexibility index (Phi) is 9.55. The van der Waals surface area contributed by atoms with Crippen molar-refractivity contribution < 1.29 is 14.3 Å². The van der Waals surface area contributed by atoms with Gasteiger partial charge in [0.25, 0.3) is 5.91 Å². The number of hydrogen-bond acceptors (Lipinski definition) is 5. The summed E-state index contributed by atoms with van der Waals surface area (Å²) in [7, 11) is 0. The maximum atomic E-state index is 12.6. The molecule has 0 unspecified atom stereocenters. The molecule has 1 fully saturated rings. The molecule has 3 rings (SSSR count). The zero-order valence-corrected chi connectivity index (χ0v) is 19.2. The number of benzene rings is 1. The molecule has 31 heavy (non-hydrogen) atoms. The quantitative estimate of drug-likeness (QED) is 0.619. The molecule has 0 spiro atoms. The molecule has 0 bridgehead atoms. The monoisotopic (exact) mass is 466 g/mol. The summed E-state index contributed by atoms with van der Waals surface area (Å²) in [5, 5.41) is 5.85. The number of amides is 2. The molecule has 1 aromatic carbocycles. The van der Waals surface area contributed by atoms with Crippen LogP contribution in [-0.2, 0) is 4.74 Å². The Morgan fingerprint density at radius 3 is 2.52 bits per heavy atom. The lowest BCUT2D eigenvalue weighted by Gasteiger charge is -2.34. The summed E-state index contributed by atoms with van der Waals surface area (Å²) in [5.74, 6) is 0.344. The largest absolute Gasteiger partial charge is 0.449 e. The summed E-state index contributed by atoms with van der Waals surface area (Å²) in [6, 6.07) is 10.5. The molecule has 2 heterocycles. The Morgan fingerprint density at radius 2 is 1.87 bits per heavy atom. The molecule has 168 valence electrons. The molecular weight excluding hydrogens is 439 g/mol. The third-order valence-electron chi connectivity index (χ3n) is 5.21. The SMILES string of the molecule is CC(C)N1CCC(COC(=O)Nc2ccccc2C(=O)Nc2ccc(Cl)cn2)CC1.Cl. The van der Waals surface area contributed by atoms with Crippen molar-refractivity contribution in [2.75, 3.05) is 30.3 Å². The van der Waals surface area contributed by atoms with Gasteiger partial charge in [0.05, 0.1) is 22.9 Å². The van der Waals surface area contributed by atoms with Crippen LogP contribution >= 0.6 is 24.0 Å². The van der Waals surface area contributed by atoms with E-state index in [1.807, 2.05) is 0 Å². The van der Waals surface area contributed by atoms with Crippen LogP contribution in [0.2, 0.25) is 5.02 Å². The maximum Gasteiger partial charge on any atom is 0.411 e. The fourth-order valence-electron chi connectivity index (χ4n) is 3.40. The number of carbonyl (C=O) groups is 2. The lowest BCUT2D eigenvalue weighted by atomic mass is 9.97. The minimum absolute atomic E-state index is 0. The first kappa shape index (κ1) is 24.9. The van der Waals surface area contributed by atoms with Gasteiger partial charge in [0.15, 0.2) is 0 Å². The highest BCUT2D eigenvalue weighted by atomic mass is 35.5. The van der Waals surface area contributed by atoms with Gasteiger partial charge in [-0.05, 0) is 70.0 Å². The van der Waals surface area contributed by atoms with Crippen LogP contribution < -0.4 is 10.6 Å². The predicted octanol–water partition coefficient (Wildman–Crippen LogP) is 5.08. The summed E-state index contributed by atoms with van der Waals surface area (Å²) in [4.78, 5) is 31.4. The number of carbonyl (C=O) groups excluding carboxylic acids is 2. The van der Waals surface area contributed by atoms with E-state index in [-0.39, 0.29) is 18.3 Å². The molecule has 1 aromatic heterocycles.